The summed E-state index contributed by atoms with van der Waals surface area (Å²) in [6.07, 6.45) is -1.09. The molecule has 0 saturated carbocycles. The van der Waals surface area contributed by atoms with Gasteiger partial charge in [0.1, 0.15) is 6.20 Å². The second-order valence-corrected chi connectivity index (χ2v) is 6.14. The Hall–Kier alpha value is -3.04. The summed E-state index contributed by atoms with van der Waals surface area (Å²) in [7, 11) is 0. The van der Waals surface area contributed by atoms with Crippen LogP contribution >= 0.6 is 0 Å². The molecule has 0 radical (unpaired) electrons. The number of carbonyl (C=O) groups is 2. The minimum absolute atomic E-state index is 0.0861. The summed E-state index contributed by atoms with van der Waals surface area (Å²) in [5.41, 5.74) is 3.91. The number of hydrogen-bond donors (Lipinski definition) is 2. The Kier molecular flexibility index (Phi) is 5.33. The van der Waals surface area contributed by atoms with E-state index < -0.39 is 17.6 Å². The number of aromatic amines is 1. The van der Waals surface area contributed by atoms with Gasteiger partial charge in [-0.3, -0.25) is 25.3 Å². The lowest BCUT2D eigenvalue weighted by molar-refractivity contribution is -0.367. The SMILES string of the molecule is O=C(NNC(=O)C1CCN(c2ccc(C(F)(F)F)c[nH+]2)CC1)c1ccco1. The average molecular weight is 383 g/mol. The van der Waals surface area contributed by atoms with Crippen LogP contribution in [-0.2, 0) is 11.0 Å². The van der Waals surface area contributed by atoms with Gasteiger partial charge in [0.25, 0.3) is 5.82 Å². The molecule has 3 heterocycles. The van der Waals surface area contributed by atoms with E-state index in [9.17, 15) is 22.8 Å². The van der Waals surface area contributed by atoms with Crippen molar-refractivity contribution < 1.29 is 32.2 Å². The van der Waals surface area contributed by atoms with Crippen LogP contribution in [0.5, 0.6) is 0 Å². The van der Waals surface area contributed by atoms with Crippen molar-refractivity contribution >= 4 is 17.6 Å². The van der Waals surface area contributed by atoms with Crippen LogP contribution in [0.3, 0.4) is 0 Å². The second kappa shape index (κ2) is 7.68. The van der Waals surface area contributed by atoms with E-state index in [0.29, 0.717) is 31.7 Å². The average Bonchev–Trinajstić information content (AvgIpc) is 3.20. The number of anilines is 1. The van der Waals surface area contributed by atoms with Crippen molar-refractivity contribution in [1.29, 1.82) is 0 Å². The van der Waals surface area contributed by atoms with Crippen LogP contribution in [0.4, 0.5) is 19.0 Å². The Labute approximate surface area is 152 Å². The van der Waals surface area contributed by atoms with Gasteiger partial charge in [-0.1, -0.05) is 0 Å². The van der Waals surface area contributed by atoms with Crippen LogP contribution in [0, 0.1) is 5.92 Å². The van der Waals surface area contributed by atoms with Gasteiger partial charge in [-0.25, -0.2) is 4.98 Å². The first-order chi connectivity index (χ1) is 12.8. The first-order valence-electron chi connectivity index (χ1n) is 8.32. The lowest BCUT2D eigenvalue weighted by atomic mass is 9.96. The van der Waals surface area contributed by atoms with E-state index >= 15 is 0 Å². The molecular weight excluding hydrogens is 365 g/mol. The number of nitrogens with zero attached hydrogens (tertiary/aromatic N) is 1. The number of hydrazine groups is 1. The molecule has 7 nitrogen and oxygen atoms in total. The maximum atomic E-state index is 12.6. The fraction of sp³-hybridized carbons (Fsp3) is 0.353. The van der Waals surface area contributed by atoms with Crippen molar-refractivity contribution in [3.63, 3.8) is 0 Å². The van der Waals surface area contributed by atoms with Gasteiger partial charge in [-0.15, -0.1) is 0 Å². The molecule has 0 aliphatic carbocycles. The Morgan fingerprint density at radius 1 is 1.15 bits per heavy atom. The lowest BCUT2D eigenvalue weighted by Gasteiger charge is -2.27. The fourth-order valence-electron chi connectivity index (χ4n) is 2.86. The zero-order valence-electron chi connectivity index (χ0n) is 14.2. The number of pyridine rings is 1. The number of H-pyrrole nitrogens is 1. The largest absolute Gasteiger partial charge is 0.459 e. The Bertz CT molecular complexity index is 783. The normalized spacial score (nSPS) is 15.4. The molecule has 2 aromatic heterocycles. The Morgan fingerprint density at radius 3 is 2.44 bits per heavy atom. The van der Waals surface area contributed by atoms with Crippen molar-refractivity contribution in [2.45, 2.75) is 19.0 Å². The highest BCUT2D eigenvalue weighted by Crippen LogP contribution is 2.29. The molecule has 2 amide bonds. The van der Waals surface area contributed by atoms with Gasteiger partial charge < -0.3 is 4.42 Å². The third-order valence-electron chi connectivity index (χ3n) is 4.37. The molecule has 2 aromatic rings. The van der Waals surface area contributed by atoms with E-state index in [2.05, 4.69) is 15.8 Å². The number of amides is 2. The number of nitrogens with one attached hydrogen (secondary N) is 3. The smallest absolute Gasteiger partial charge is 0.419 e. The van der Waals surface area contributed by atoms with Gasteiger partial charge in [0.2, 0.25) is 5.91 Å². The van der Waals surface area contributed by atoms with Gasteiger partial charge in [-0.05, 0) is 31.0 Å². The third-order valence-corrected chi connectivity index (χ3v) is 4.37. The molecule has 1 aliphatic rings. The Balaban J connectivity index is 1.48. The van der Waals surface area contributed by atoms with Crippen LogP contribution in [-0.4, -0.2) is 24.9 Å². The van der Waals surface area contributed by atoms with Gasteiger partial charge >= 0.3 is 12.1 Å². The molecule has 1 aliphatic heterocycles. The van der Waals surface area contributed by atoms with Crippen LogP contribution in [0.25, 0.3) is 0 Å². The summed E-state index contributed by atoms with van der Waals surface area (Å²) >= 11 is 0. The monoisotopic (exact) mass is 383 g/mol. The quantitative estimate of drug-likeness (QED) is 0.791. The number of piperidine rings is 1. The van der Waals surface area contributed by atoms with Crippen LogP contribution in [0.1, 0.15) is 29.0 Å². The molecule has 144 valence electrons. The lowest BCUT2D eigenvalue weighted by Crippen LogP contribution is -2.47. The summed E-state index contributed by atoms with van der Waals surface area (Å²) in [5.74, 6) is -0.514. The summed E-state index contributed by atoms with van der Waals surface area (Å²) in [6.45, 7) is 1.01. The van der Waals surface area contributed by atoms with Gasteiger partial charge in [-0.2, -0.15) is 13.2 Å². The first-order valence-corrected chi connectivity index (χ1v) is 8.32. The first kappa shape index (κ1) is 18.7. The molecular formula is C17H18F3N4O3+. The minimum atomic E-state index is -4.39. The van der Waals surface area contributed by atoms with Crippen LogP contribution < -0.4 is 20.7 Å². The number of halogens is 3. The predicted molar refractivity (Wildman–Crippen MR) is 87.3 cm³/mol. The number of carbonyl (C=O) groups excluding carboxylic acids is 2. The number of hydrogen-bond acceptors (Lipinski definition) is 4. The molecule has 1 fully saturated rings. The number of alkyl halides is 3. The summed E-state index contributed by atoms with van der Waals surface area (Å²) in [6, 6.07) is 5.44. The van der Waals surface area contributed by atoms with E-state index in [1.54, 1.807) is 6.07 Å². The second-order valence-electron chi connectivity index (χ2n) is 6.14. The minimum Gasteiger partial charge on any atom is -0.459 e. The number of aromatic nitrogens is 1. The number of furan rings is 1. The molecule has 10 heteroatoms. The molecule has 0 aromatic carbocycles. The molecule has 0 unspecified atom stereocenters. The molecule has 27 heavy (non-hydrogen) atoms. The fourth-order valence-corrected chi connectivity index (χ4v) is 2.86. The molecule has 1 saturated heterocycles. The van der Waals surface area contributed by atoms with E-state index in [0.717, 1.165) is 12.3 Å². The summed E-state index contributed by atoms with van der Waals surface area (Å²) < 4.78 is 42.7. The predicted octanol–water partition coefficient (Wildman–Crippen LogP) is 1.79. The topological polar surface area (TPSA) is 88.7 Å². The van der Waals surface area contributed by atoms with E-state index in [1.165, 1.54) is 18.4 Å². The van der Waals surface area contributed by atoms with Crippen LogP contribution in [0.2, 0.25) is 0 Å². The number of rotatable bonds is 3. The summed E-state index contributed by atoms with van der Waals surface area (Å²) in [4.78, 5) is 28.4. The van der Waals surface area contributed by atoms with Gasteiger partial charge in [0, 0.05) is 12.0 Å². The van der Waals surface area contributed by atoms with Crippen molar-refractivity contribution in [2.75, 3.05) is 18.0 Å². The van der Waals surface area contributed by atoms with E-state index in [4.69, 9.17) is 4.42 Å². The Morgan fingerprint density at radius 2 is 1.89 bits per heavy atom. The summed E-state index contributed by atoms with van der Waals surface area (Å²) in [5, 5.41) is 0. The molecule has 0 atom stereocenters. The zero-order valence-corrected chi connectivity index (χ0v) is 14.2. The van der Waals surface area contributed by atoms with Gasteiger partial charge in [0.05, 0.1) is 24.9 Å². The zero-order chi connectivity index (χ0) is 19.4. The standard InChI is InChI=1S/C17H17F3N4O3/c18-17(19,20)12-3-4-14(21-10-12)24-7-5-11(6-8-24)15(25)22-23-16(26)13-2-1-9-27-13/h1-4,9-11H,5-8H2,(H,22,25)(H,23,26)/p+1. The highest BCUT2D eigenvalue weighted by Gasteiger charge is 2.33. The highest BCUT2D eigenvalue weighted by molar-refractivity contribution is 5.93. The van der Waals surface area contributed by atoms with Crippen molar-refractivity contribution in [2.24, 2.45) is 5.92 Å². The van der Waals surface area contributed by atoms with Crippen molar-refractivity contribution in [3.8, 4) is 0 Å². The van der Waals surface area contributed by atoms with Gasteiger partial charge in [0.15, 0.2) is 5.76 Å². The molecule has 0 spiro atoms. The third kappa shape index (κ3) is 4.57. The van der Waals surface area contributed by atoms with Crippen LogP contribution in [0.15, 0.2) is 41.1 Å². The highest BCUT2D eigenvalue weighted by atomic mass is 19.4. The van der Waals surface area contributed by atoms with Crippen molar-refractivity contribution in [1.82, 2.24) is 10.9 Å². The van der Waals surface area contributed by atoms with E-state index in [-0.39, 0.29) is 17.6 Å². The molecule has 3 rings (SSSR count). The maximum Gasteiger partial charge on any atom is 0.419 e. The van der Waals surface area contributed by atoms with E-state index in [1.807, 2.05) is 4.90 Å². The molecule has 0 bridgehead atoms. The van der Waals surface area contributed by atoms with Crippen molar-refractivity contribution in [3.05, 3.63) is 48.0 Å². The maximum absolute atomic E-state index is 12.6. The molecule has 3 N–H and O–H groups in total.